The third-order valence-electron chi connectivity index (χ3n) is 2.26. The standard InChI is InChI=1S/C9H11/c1-2-5-9-7-3-6-8(9)4-1/h3,6,8H,1-2,4-5H2. The molecule has 0 N–H and O–H groups in total. The second-order valence-electron chi connectivity index (χ2n) is 2.88. The summed E-state index contributed by atoms with van der Waals surface area (Å²) in [5, 5.41) is 0. The number of hydrogen-bond donors (Lipinski definition) is 0. The number of allylic oxidation sites excluding steroid dienone is 4. The highest BCUT2D eigenvalue weighted by Crippen LogP contribution is 2.32. The normalized spacial score (nSPS) is 32.0. The van der Waals surface area contributed by atoms with E-state index in [2.05, 4.69) is 18.2 Å². The minimum Gasteiger partial charge on any atom is -0.0767 e. The molecule has 0 amide bonds. The number of rotatable bonds is 0. The third-order valence-corrected chi connectivity index (χ3v) is 2.26. The van der Waals surface area contributed by atoms with Crippen molar-refractivity contribution >= 4 is 0 Å². The first kappa shape index (κ1) is 5.28. The van der Waals surface area contributed by atoms with E-state index >= 15 is 0 Å². The van der Waals surface area contributed by atoms with Crippen LogP contribution in [0.15, 0.2) is 17.7 Å². The molecule has 2 rings (SSSR count). The van der Waals surface area contributed by atoms with Gasteiger partial charge in [0.1, 0.15) is 0 Å². The Bertz CT molecular complexity index is 163. The van der Waals surface area contributed by atoms with E-state index in [9.17, 15) is 0 Å². The van der Waals surface area contributed by atoms with Gasteiger partial charge in [0, 0.05) is 0 Å². The molecule has 1 unspecified atom stereocenters. The van der Waals surface area contributed by atoms with Gasteiger partial charge in [0.2, 0.25) is 0 Å². The van der Waals surface area contributed by atoms with Gasteiger partial charge >= 0.3 is 0 Å². The Kier molecular flexibility index (Phi) is 1.18. The smallest absolute Gasteiger partial charge is 0.00107 e. The van der Waals surface area contributed by atoms with Crippen LogP contribution < -0.4 is 0 Å². The van der Waals surface area contributed by atoms with Crippen LogP contribution in [0, 0.1) is 12.0 Å². The molecule has 0 nitrogen and oxygen atoms in total. The van der Waals surface area contributed by atoms with Gasteiger partial charge in [0.25, 0.3) is 0 Å². The highest BCUT2D eigenvalue weighted by atomic mass is 14.2. The second-order valence-corrected chi connectivity index (χ2v) is 2.88. The lowest BCUT2D eigenvalue weighted by Gasteiger charge is -2.18. The first-order valence-corrected chi connectivity index (χ1v) is 3.76. The van der Waals surface area contributed by atoms with Crippen LogP contribution in [0.5, 0.6) is 0 Å². The van der Waals surface area contributed by atoms with Gasteiger partial charge in [-0.3, -0.25) is 0 Å². The van der Waals surface area contributed by atoms with E-state index in [1.807, 2.05) is 0 Å². The van der Waals surface area contributed by atoms with Crippen molar-refractivity contribution < 1.29 is 0 Å². The van der Waals surface area contributed by atoms with Crippen molar-refractivity contribution in [1.82, 2.24) is 0 Å². The quantitative estimate of drug-likeness (QED) is 0.459. The first-order chi connectivity index (χ1) is 4.47. The van der Waals surface area contributed by atoms with Gasteiger partial charge in [0.05, 0.1) is 0 Å². The summed E-state index contributed by atoms with van der Waals surface area (Å²) < 4.78 is 0. The van der Waals surface area contributed by atoms with Crippen molar-refractivity contribution in [1.29, 1.82) is 0 Å². The van der Waals surface area contributed by atoms with E-state index in [0.717, 1.165) is 5.92 Å². The van der Waals surface area contributed by atoms with Crippen LogP contribution in [-0.4, -0.2) is 0 Å². The third kappa shape index (κ3) is 0.827. The fourth-order valence-electron chi connectivity index (χ4n) is 1.70. The monoisotopic (exact) mass is 119 g/mol. The molecule has 0 aromatic carbocycles. The SMILES string of the molecule is [C]1=C2CCCCC2C=C1. The lowest BCUT2D eigenvalue weighted by molar-refractivity contribution is 0.524. The van der Waals surface area contributed by atoms with E-state index in [1.165, 1.54) is 25.7 Å². The Morgan fingerprint density at radius 1 is 1.44 bits per heavy atom. The zero-order valence-electron chi connectivity index (χ0n) is 5.56. The molecular formula is C9H11. The van der Waals surface area contributed by atoms with Crippen molar-refractivity contribution in [3.05, 3.63) is 23.8 Å². The van der Waals surface area contributed by atoms with Crippen molar-refractivity contribution in [2.45, 2.75) is 25.7 Å². The van der Waals surface area contributed by atoms with Crippen LogP contribution in [0.1, 0.15) is 25.7 Å². The molecule has 9 heavy (non-hydrogen) atoms. The van der Waals surface area contributed by atoms with Gasteiger partial charge in [-0.15, -0.1) is 0 Å². The number of hydrogen-bond acceptors (Lipinski definition) is 0. The summed E-state index contributed by atoms with van der Waals surface area (Å²) in [5.74, 6) is 0.791. The van der Waals surface area contributed by atoms with Crippen LogP contribution >= 0.6 is 0 Å². The lowest BCUT2D eigenvalue weighted by Crippen LogP contribution is -2.03. The maximum absolute atomic E-state index is 3.29. The summed E-state index contributed by atoms with van der Waals surface area (Å²) in [6, 6.07) is 0. The summed E-state index contributed by atoms with van der Waals surface area (Å²) in [6.07, 6.45) is 13.2. The van der Waals surface area contributed by atoms with Gasteiger partial charge < -0.3 is 0 Å². The highest BCUT2D eigenvalue weighted by Gasteiger charge is 2.17. The predicted molar refractivity (Wildman–Crippen MR) is 37.9 cm³/mol. The maximum atomic E-state index is 3.29. The molecule has 47 valence electrons. The molecule has 0 aromatic rings. The van der Waals surface area contributed by atoms with Crippen molar-refractivity contribution in [2.24, 2.45) is 5.92 Å². The molecular weight excluding hydrogens is 108 g/mol. The molecule has 1 atom stereocenters. The molecule has 0 bridgehead atoms. The Hall–Kier alpha value is -0.520. The minimum atomic E-state index is 0.791. The molecule has 0 spiro atoms. The van der Waals surface area contributed by atoms with Gasteiger partial charge in [-0.05, 0) is 31.3 Å². The molecule has 1 saturated carbocycles. The molecule has 0 aromatic heterocycles. The Morgan fingerprint density at radius 2 is 2.44 bits per heavy atom. The lowest BCUT2D eigenvalue weighted by atomic mass is 9.87. The molecule has 2 aliphatic carbocycles. The average Bonchev–Trinajstić information content (AvgIpc) is 2.33. The topological polar surface area (TPSA) is 0 Å². The zero-order chi connectivity index (χ0) is 6.10. The van der Waals surface area contributed by atoms with Gasteiger partial charge in [-0.2, -0.15) is 0 Å². The summed E-state index contributed by atoms with van der Waals surface area (Å²) in [6.45, 7) is 0. The zero-order valence-corrected chi connectivity index (χ0v) is 5.56. The summed E-state index contributed by atoms with van der Waals surface area (Å²) in [5.41, 5.74) is 1.56. The Balaban J connectivity index is 2.16. The van der Waals surface area contributed by atoms with Crippen molar-refractivity contribution in [2.75, 3.05) is 0 Å². The summed E-state index contributed by atoms with van der Waals surface area (Å²) in [7, 11) is 0. The largest absolute Gasteiger partial charge is 0.0767 e. The van der Waals surface area contributed by atoms with Crippen LogP contribution in [0.25, 0.3) is 0 Å². The second kappa shape index (κ2) is 2.02. The average molecular weight is 119 g/mol. The number of fused-ring (bicyclic) bond motifs is 1. The summed E-state index contributed by atoms with van der Waals surface area (Å²) in [4.78, 5) is 0. The molecule has 1 radical (unpaired) electrons. The molecule has 0 heteroatoms. The van der Waals surface area contributed by atoms with Gasteiger partial charge in [0.15, 0.2) is 0 Å². The van der Waals surface area contributed by atoms with E-state index in [0.29, 0.717) is 0 Å². The molecule has 0 heterocycles. The van der Waals surface area contributed by atoms with Crippen LogP contribution in [0.3, 0.4) is 0 Å². The Labute approximate surface area is 56.3 Å². The fraction of sp³-hybridized carbons (Fsp3) is 0.556. The minimum absolute atomic E-state index is 0.791. The molecule has 1 fully saturated rings. The fourth-order valence-corrected chi connectivity index (χ4v) is 1.70. The summed E-state index contributed by atoms with van der Waals surface area (Å²) >= 11 is 0. The first-order valence-electron chi connectivity index (χ1n) is 3.76. The van der Waals surface area contributed by atoms with Crippen LogP contribution in [0.2, 0.25) is 0 Å². The van der Waals surface area contributed by atoms with E-state index in [1.54, 1.807) is 5.57 Å². The maximum Gasteiger partial charge on any atom is -0.00107 e. The van der Waals surface area contributed by atoms with E-state index < -0.39 is 0 Å². The van der Waals surface area contributed by atoms with Crippen molar-refractivity contribution in [3.63, 3.8) is 0 Å². The molecule has 2 aliphatic rings. The van der Waals surface area contributed by atoms with Crippen LogP contribution in [-0.2, 0) is 0 Å². The van der Waals surface area contributed by atoms with Crippen LogP contribution in [0.4, 0.5) is 0 Å². The molecule has 0 saturated heterocycles. The Morgan fingerprint density at radius 3 is 3.33 bits per heavy atom. The van der Waals surface area contributed by atoms with E-state index in [4.69, 9.17) is 0 Å². The van der Waals surface area contributed by atoms with E-state index in [-0.39, 0.29) is 0 Å². The van der Waals surface area contributed by atoms with Crippen molar-refractivity contribution in [3.8, 4) is 0 Å². The van der Waals surface area contributed by atoms with Gasteiger partial charge in [-0.1, -0.05) is 24.1 Å². The highest BCUT2D eigenvalue weighted by molar-refractivity contribution is 5.23. The van der Waals surface area contributed by atoms with Gasteiger partial charge in [-0.25, -0.2) is 0 Å². The molecule has 0 aliphatic heterocycles. The predicted octanol–water partition coefficient (Wildman–Crippen LogP) is 2.48.